The number of hydrogen-bond donors (Lipinski definition) is 2. The molecule has 1 atom stereocenters. The maximum Gasteiger partial charge on any atom is 0.0519 e. The van der Waals surface area contributed by atoms with Crippen LogP contribution in [0.2, 0.25) is 0 Å². The first-order valence-corrected chi connectivity index (χ1v) is 4.24. The van der Waals surface area contributed by atoms with Gasteiger partial charge in [0.15, 0.2) is 0 Å². The van der Waals surface area contributed by atoms with Crippen molar-refractivity contribution in [2.45, 2.75) is 6.04 Å². The minimum atomic E-state index is -0.0327. The van der Waals surface area contributed by atoms with Gasteiger partial charge in [-0.2, -0.15) is 0 Å². The normalized spacial score (nSPS) is 20.2. The number of benzene rings is 1. The predicted octanol–water partition coefficient (Wildman–Crippen LogP) is 1.23. The highest BCUT2D eigenvalue weighted by Gasteiger charge is 2.15. The van der Waals surface area contributed by atoms with Gasteiger partial charge < -0.3 is 16.4 Å². The van der Waals surface area contributed by atoms with E-state index in [1.54, 1.807) is 0 Å². The second-order valence-corrected chi connectivity index (χ2v) is 3.30. The van der Waals surface area contributed by atoms with E-state index in [-0.39, 0.29) is 6.04 Å². The van der Waals surface area contributed by atoms with Crippen LogP contribution in [0.4, 0.5) is 11.4 Å². The van der Waals surface area contributed by atoms with E-state index in [0.29, 0.717) is 0 Å². The standard InChI is InChI=1S/C10H13N3/c1-13-5-4-9(12)8-6-7(11)2-3-10(8)13/h2-6,9H,11-12H2,1H3. The molecule has 1 aromatic carbocycles. The quantitative estimate of drug-likeness (QED) is 0.583. The number of fused-ring (bicyclic) bond motifs is 1. The molecule has 0 aliphatic carbocycles. The minimum Gasteiger partial charge on any atom is -0.399 e. The second-order valence-electron chi connectivity index (χ2n) is 3.30. The van der Waals surface area contributed by atoms with Crippen LogP contribution in [0.1, 0.15) is 11.6 Å². The topological polar surface area (TPSA) is 55.3 Å². The van der Waals surface area contributed by atoms with Crippen LogP contribution in [-0.2, 0) is 0 Å². The second kappa shape index (κ2) is 2.78. The number of anilines is 2. The molecule has 0 fully saturated rings. The first kappa shape index (κ1) is 8.13. The fraction of sp³-hybridized carbons (Fsp3) is 0.200. The molecule has 0 saturated heterocycles. The van der Waals surface area contributed by atoms with Gasteiger partial charge in [-0.1, -0.05) is 0 Å². The summed E-state index contributed by atoms with van der Waals surface area (Å²) in [6.07, 6.45) is 3.94. The average molecular weight is 175 g/mol. The van der Waals surface area contributed by atoms with Crippen molar-refractivity contribution < 1.29 is 0 Å². The zero-order chi connectivity index (χ0) is 9.42. The molecule has 68 valence electrons. The lowest BCUT2D eigenvalue weighted by Gasteiger charge is -2.25. The molecule has 1 aromatic rings. The molecule has 13 heavy (non-hydrogen) atoms. The smallest absolute Gasteiger partial charge is 0.0519 e. The van der Waals surface area contributed by atoms with E-state index in [0.717, 1.165) is 16.9 Å². The van der Waals surface area contributed by atoms with Crippen molar-refractivity contribution in [3.63, 3.8) is 0 Å². The largest absolute Gasteiger partial charge is 0.399 e. The Balaban J connectivity index is 2.56. The van der Waals surface area contributed by atoms with E-state index in [9.17, 15) is 0 Å². The van der Waals surface area contributed by atoms with Crippen molar-refractivity contribution in [3.8, 4) is 0 Å². The Morgan fingerprint density at radius 3 is 2.92 bits per heavy atom. The molecule has 0 amide bonds. The maximum absolute atomic E-state index is 5.91. The van der Waals surface area contributed by atoms with Gasteiger partial charge in [0.05, 0.1) is 6.04 Å². The predicted molar refractivity (Wildman–Crippen MR) is 55.3 cm³/mol. The lowest BCUT2D eigenvalue weighted by molar-refractivity contribution is 0.876. The van der Waals surface area contributed by atoms with Crippen LogP contribution in [0.25, 0.3) is 0 Å². The SMILES string of the molecule is CN1C=CC(N)c2cc(N)ccc21. The monoisotopic (exact) mass is 175 g/mol. The summed E-state index contributed by atoms with van der Waals surface area (Å²) in [6, 6.07) is 5.78. The summed E-state index contributed by atoms with van der Waals surface area (Å²) in [5, 5.41) is 0. The summed E-state index contributed by atoms with van der Waals surface area (Å²) in [5.41, 5.74) is 14.6. The highest BCUT2D eigenvalue weighted by Crippen LogP contribution is 2.30. The fourth-order valence-corrected chi connectivity index (χ4v) is 1.57. The van der Waals surface area contributed by atoms with Crippen molar-refractivity contribution in [1.82, 2.24) is 0 Å². The molecule has 1 unspecified atom stereocenters. The number of nitrogens with zero attached hydrogens (tertiary/aromatic N) is 1. The molecule has 1 aliphatic heterocycles. The Bertz CT molecular complexity index is 357. The summed E-state index contributed by atoms with van der Waals surface area (Å²) in [7, 11) is 2.00. The molecule has 4 N–H and O–H groups in total. The van der Waals surface area contributed by atoms with E-state index >= 15 is 0 Å². The third-order valence-corrected chi connectivity index (χ3v) is 2.31. The van der Waals surface area contributed by atoms with Gasteiger partial charge in [-0.15, -0.1) is 0 Å². The van der Waals surface area contributed by atoms with Crippen molar-refractivity contribution in [2.75, 3.05) is 17.7 Å². The van der Waals surface area contributed by atoms with Crippen LogP contribution in [-0.4, -0.2) is 7.05 Å². The Hall–Kier alpha value is -1.48. The molecule has 0 spiro atoms. The Morgan fingerprint density at radius 2 is 2.15 bits per heavy atom. The molecule has 3 heteroatoms. The number of nitrogens with two attached hydrogens (primary N) is 2. The fourth-order valence-electron chi connectivity index (χ4n) is 1.57. The van der Waals surface area contributed by atoms with Gasteiger partial charge in [-0.3, -0.25) is 0 Å². The number of rotatable bonds is 0. The van der Waals surface area contributed by atoms with Crippen LogP contribution in [0.15, 0.2) is 30.5 Å². The van der Waals surface area contributed by atoms with Gasteiger partial charge in [0.1, 0.15) is 0 Å². The number of hydrogen-bond acceptors (Lipinski definition) is 3. The van der Waals surface area contributed by atoms with Gasteiger partial charge in [0, 0.05) is 24.6 Å². The van der Waals surface area contributed by atoms with Crippen molar-refractivity contribution >= 4 is 11.4 Å². The summed E-state index contributed by atoms with van der Waals surface area (Å²) in [4.78, 5) is 2.04. The minimum absolute atomic E-state index is 0.0327. The molecule has 0 saturated carbocycles. The average Bonchev–Trinajstić information content (AvgIpc) is 2.12. The Morgan fingerprint density at radius 1 is 1.38 bits per heavy atom. The molecule has 0 bridgehead atoms. The molecule has 0 aromatic heterocycles. The van der Waals surface area contributed by atoms with E-state index in [1.165, 1.54) is 0 Å². The van der Waals surface area contributed by atoms with Crippen LogP contribution < -0.4 is 16.4 Å². The van der Waals surface area contributed by atoms with E-state index < -0.39 is 0 Å². The summed E-state index contributed by atoms with van der Waals surface area (Å²) in [6.45, 7) is 0. The van der Waals surface area contributed by atoms with Crippen LogP contribution in [0.5, 0.6) is 0 Å². The van der Waals surface area contributed by atoms with Crippen molar-refractivity contribution in [2.24, 2.45) is 5.73 Å². The van der Waals surface area contributed by atoms with E-state index in [1.807, 2.05) is 42.4 Å². The molecular formula is C10H13N3. The zero-order valence-electron chi connectivity index (χ0n) is 7.57. The van der Waals surface area contributed by atoms with Gasteiger partial charge >= 0.3 is 0 Å². The third-order valence-electron chi connectivity index (χ3n) is 2.31. The first-order chi connectivity index (χ1) is 6.18. The van der Waals surface area contributed by atoms with Gasteiger partial charge in [0.2, 0.25) is 0 Å². The van der Waals surface area contributed by atoms with Crippen LogP contribution >= 0.6 is 0 Å². The van der Waals surface area contributed by atoms with Gasteiger partial charge in [-0.25, -0.2) is 0 Å². The Labute approximate surface area is 77.6 Å². The number of nitrogen functional groups attached to an aromatic ring is 1. The first-order valence-electron chi connectivity index (χ1n) is 4.24. The van der Waals surface area contributed by atoms with Crippen LogP contribution in [0, 0.1) is 0 Å². The van der Waals surface area contributed by atoms with Crippen molar-refractivity contribution in [1.29, 1.82) is 0 Å². The highest BCUT2D eigenvalue weighted by molar-refractivity contribution is 5.64. The summed E-state index contributed by atoms with van der Waals surface area (Å²) in [5.74, 6) is 0. The van der Waals surface area contributed by atoms with E-state index in [4.69, 9.17) is 11.5 Å². The molecule has 2 rings (SSSR count). The highest BCUT2D eigenvalue weighted by atomic mass is 15.1. The summed E-state index contributed by atoms with van der Waals surface area (Å²) >= 11 is 0. The van der Waals surface area contributed by atoms with Crippen LogP contribution in [0.3, 0.4) is 0 Å². The maximum atomic E-state index is 5.91. The van der Waals surface area contributed by atoms with E-state index in [2.05, 4.69) is 0 Å². The Kier molecular flexibility index (Phi) is 1.74. The zero-order valence-corrected chi connectivity index (χ0v) is 7.57. The lowest BCUT2D eigenvalue weighted by atomic mass is 10.0. The lowest BCUT2D eigenvalue weighted by Crippen LogP contribution is -2.20. The molecule has 1 aliphatic rings. The van der Waals surface area contributed by atoms with Crippen molar-refractivity contribution in [3.05, 3.63) is 36.0 Å². The van der Waals surface area contributed by atoms with Gasteiger partial charge in [-0.05, 0) is 29.8 Å². The molecule has 0 radical (unpaired) electrons. The molecule has 1 heterocycles. The molecule has 3 nitrogen and oxygen atoms in total. The molecular weight excluding hydrogens is 162 g/mol. The third kappa shape index (κ3) is 1.27. The summed E-state index contributed by atoms with van der Waals surface area (Å²) < 4.78 is 0. The van der Waals surface area contributed by atoms with Gasteiger partial charge in [0.25, 0.3) is 0 Å².